The molecule has 2 aromatic carbocycles. The summed E-state index contributed by atoms with van der Waals surface area (Å²) in [5.74, 6) is -1.87. The number of rotatable bonds is 5. The van der Waals surface area contributed by atoms with Crippen molar-refractivity contribution < 1.29 is 18.7 Å². The maximum Gasteiger partial charge on any atom is 0.224 e. The van der Waals surface area contributed by atoms with E-state index >= 15 is 0 Å². The summed E-state index contributed by atoms with van der Waals surface area (Å²) in [6.45, 7) is 1.19. The van der Waals surface area contributed by atoms with Gasteiger partial charge in [-0.15, -0.1) is 0 Å². The topological polar surface area (TPSA) is 65.1 Å². The summed E-state index contributed by atoms with van der Waals surface area (Å²) in [5, 5.41) is 14.0. The van der Waals surface area contributed by atoms with Crippen molar-refractivity contribution in [2.75, 3.05) is 6.54 Å². The van der Waals surface area contributed by atoms with Crippen molar-refractivity contribution >= 4 is 16.8 Å². The second kappa shape index (κ2) is 6.64. The van der Waals surface area contributed by atoms with Gasteiger partial charge >= 0.3 is 0 Å². The predicted molar refractivity (Wildman–Crippen MR) is 90.9 cm³/mol. The van der Waals surface area contributed by atoms with E-state index in [2.05, 4.69) is 10.3 Å². The minimum Gasteiger partial charge on any atom is -0.383 e. The fourth-order valence-electron chi connectivity index (χ4n) is 2.81. The van der Waals surface area contributed by atoms with Gasteiger partial charge in [-0.2, -0.15) is 0 Å². The van der Waals surface area contributed by atoms with Crippen LogP contribution in [0.15, 0.2) is 48.7 Å². The number of hydrogen-bond acceptors (Lipinski definition) is 2. The Morgan fingerprint density at radius 3 is 2.76 bits per heavy atom. The van der Waals surface area contributed by atoms with Gasteiger partial charge in [0, 0.05) is 28.7 Å². The van der Waals surface area contributed by atoms with Crippen LogP contribution in [-0.2, 0) is 16.8 Å². The first-order chi connectivity index (χ1) is 11.9. The van der Waals surface area contributed by atoms with Gasteiger partial charge in [-0.25, -0.2) is 8.78 Å². The molecule has 0 aliphatic rings. The molecule has 3 N–H and O–H groups in total. The van der Waals surface area contributed by atoms with Crippen LogP contribution in [0.25, 0.3) is 10.9 Å². The number of carbonyl (C=O) groups is 1. The summed E-state index contributed by atoms with van der Waals surface area (Å²) in [4.78, 5) is 15.3. The highest BCUT2D eigenvalue weighted by Crippen LogP contribution is 2.24. The summed E-state index contributed by atoms with van der Waals surface area (Å²) in [7, 11) is 0. The Morgan fingerprint density at radius 2 is 2.00 bits per heavy atom. The van der Waals surface area contributed by atoms with E-state index in [1.165, 1.54) is 13.0 Å². The normalized spacial score (nSPS) is 13.6. The molecule has 6 heteroatoms. The van der Waals surface area contributed by atoms with Crippen molar-refractivity contribution in [3.05, 3.63) is 71.4 Å². The van der Waals surface area contributed by atoms with Crippen LogP contribution in [0, 0.1) is 11.6 Å². The number of aliphatic hydroxyl groups is 1. The van der Waals surface area contributed by atoms with E-state index in [0.717, 1.165) is 22.5 Å². The predicted octanol–water partition coefficient (Wildman–Crippen LogP) is 3.01. The van der Waals surface area contributed by atoms with Crippen LogP contribution >= 0.6 is 0 Å². The molecule has 0 spiro atoms. The average molecular weight is 344 g/mol. The van der Waals surface area contributed by atoms with E-state index in [-0.39, 0.29) is 24.4 Å². The first-order valence-corrected chi connectivity index (χ1v) is 7.86. The molecule has 130 valence electrons. The van der Waals surface area contributed by atoms with Gasteiger partial charge in [0.2, 0.25) is 5.91 Å². The second-order valence-electron chi connectivity index (χ2n) is 6.21. The van der Waals surface area contributed by atoms with Gasteiger partial charge in [0.1, 0.15) is 17.2 Å². The molecule has 0 saturated carbocycles. The molecule has 0 saturated heterocycles. The van der Waals surface area contributed by atoms with Crippen molar-refractivity contribution in [2.45, 2.75) is 18.9 Å². The van der Waals surface area contributed by atoms with Crippen LogP contribution in [0.1, 0.15) is 18.1 Å². The van der Waals surface area contributed by atoms with Crippen LogP contribution in [0.4, 0.5) is 8.78 Å². The highest BCUT2D eigenvalue weighted by atomic mass is 19.1. The molecule has 4 nitrogen and oxygen atoms in total. The second-order valence-corrected chi connectivity index (χ2v) is 6.21. The standard InChI is InChI=1S/C19H18F2N2O2/c1-19(25,15-7-6-13(20)9-16(15)21)11-23-18(24)8-12-10-22-17-5-3-2-4-14(12)17/h2-7,9-10,22,25H,8,11H2,1H3,(H,23,24)/t19-/m1/s1. The number of amides is 1. The molecule has 3 rings (SSSR count). The maximum absolute atomic E-state index is 13.8. The molecule has 1 amide bonds. The Morgan fingerprint density at radius 1 is 1.24 bits per heavy atom. The Hall–Kier alpha value is -2.73. The molecule has 1 atom stereocenters. The number of nitrogens with one attached hydrogen (secondary N) is 2. The van der Waals surface area contributed by atoms with Crippen LogP contribution in [0.2, 0.25) is 0 Å². The van der Waals surface area contributed by atoms with Crippen molar-refractivity contribution in [2.24, 2.45) is 0 Å². The Bertz CT molecular complexity index is 919. The molecule has 0 unspecified atom stereocenters. The van der Waals surface area contributed by atoms with E-state index in [1.807, 2.05) is 24.3 Å². The summed E-state index contributed by atoms with van der Waals surface area (Å²) in [5.41, 5.74) is 0.0564. The molecular formula is C19H18F2N2O2. The van der Waals surface area contributed by atoms with Crippen molar-refractivity contribution in [3.63, 3.8) is 0 Å². The van der Waals surface area contributed by atoms with Gasteiger partial charge in [0.25, 0.3) is 0 Å². The van der Waals surface area contributed by atoms with E-state index in [9.17, 15) is 18.7 Å². The third kappa shape index (κ3) is 3.69. The molecule has 1 heterocycles. The maximum atomic E-state index is 13.8. The van der Waals surface area contributed by atoms with E-state index in [0.29, 0.717) is 6.07 Å². The minimum absolute atomic E-state index is 0.0682. The number of fused-ring (bicyclic) bond motifs is 1. The summed E-state index contributed by atoms with van der Waals surface area (Å²) < 4.78 is 26.8. The van der Waals surface area contributed by atoms with E-state index in [1.54, 1.807) is 6.20 Å². The molecule has 0 aliphatic carbocycles. The van der Waals surface area contributed by atoms with Gasteiger partial charge in [-0.1, -0.05) is 24.3 Å². The van der Waals surface area contributed by atoms with Gasteiger partial charge in [0.15, 0.2) is 0 Å². The number of halogens is 2. The van der Waals surface area contributed by atoms with Gasteiger partial charge in [-0.3, -0.25) is 4.79 Å². The molecular weight excluding hydrogens is 326 g/mol. The van der Waals surface area contributed by atoms with E-state index < -0.39 is 17.2 Å². The lowest BCUT2D eigenvalue weighted by Gasteiger charge is -2.24. The zero-order valence-corrected chi connectivity index (χ0v) is 13.6. The Labute approximate surface area is 143 Å². The lowest BCUT2D eigenvalue weighted by Crippen LogP contribution is -2.39. The first kappa shape index (κ1) is 17.1. The number of benzene rings is 2. The fraction of sp³-hybridized carbons (Fsp3) is 0.211. The molecule has 1 aromatic heterocycles. The van der Waals surface area contributed by atoms with Gasteiger partial charge in [0.05, 0.1) is 13.0 Å². The van der Waals surface area contributed by atoms with Crippen LogP contribution in [-0.4, -0.2) is 22.5 Å². The van der Waals surface area contributed by atoms with Crippen molar-refractivity contribution in [3.8, 4) is 0 Å². The lowest BCUT2D eigenvalue weighted by atomic mass is 9.95. The number of hydrogen-bond donors (Lipinski definition) is 3. The monoisotopic (exact) mass is 344 g/mol. The van der Waals surface area contributed by atoms with Crippen LogP contribution < -0.4 is 5.32 Å². The molecule has 3 aromatic rings. The molecule has 0 bridgehead atoms. The number of aromatic nitrogens is 1. The third-order valence-electron chi connectivity index (χ3n) is 4.17. The average Bonchev–Trinajstić information content (AvgIpc) is 2.96. The van der Waals surface area contributed by atoms with Crippen molar-refractivity contribution in [1.29, 1.82) is 0 Å². The highest BCUT2D eigenvalue weighted by molar-refractivity contribution is 5.88. The quantitative estimate of drug-likeness (QED) is 0.666. The summed E-state index contributed by atoms with van der Waals surface area (Å²) in [6.07, 6.45) is 1.90. The molecule has 25 heavy (non-hydrogen) atoms. The van der Waals surface area contributed by atoms with Gasteiger partial charge < -0.3 is 15.4 Å². The van der Waals surface area contributed by atoms with Crippen LogP contribution in [0.5, 0.6) is 0 Å². The number of carbonyl (C=O) groups excluding carboxylic acids is 1. The zero-order chi connectivity index (χ0) is 18.0. The number of aromatic amines is 1. The number of H-pyrrole nitrogens is 1. The molecule has 0 radical (unpaired) electrons. The van der Waals surface area contributed by atoms with Crippen LogP contribution in [0.3, 0.4) is 0 Å². The largest absolute Gasteiger partial charge is 0.383 e. The Kier molecular flexibility index (Phi) is 4.55. The summed E-state index contributed by atoms with van der Waals surface area (Å²) in [6, 6.07) is 10.6. The summed E-state index contributed by atoms with van der Waals surface area (Å²) >= 11 is 0. The van der Waals surface area contributed by atoms with Gasteiger partial charge in [-0.05, 0) is 24.6 Å². The zero-order valence-electron chi connectivity index (χ0n) is 13.6. The highest BCUT2D eigenvalue weighted by Gasteiger charge is 2.27. The van der Waals surface area contributed by atoms with E-state index in [4.69, 9.17) is 0 Å². The number of para-hydroxylation sites is 1. The first-order valence-electron chi connectivity index (χ1n) is 7.86. The third-order valence-corrected chi connectivity index (χ3v) is 4.17. The molecule has 0 fully saturated rings. The Balaban J connectivity index is 1.67. The molecule has 0 aliphatic heterocycles. The SMILES string of the molecule is C[C@@](O)(CNC(=O)Cc1c[nH]c2ccccc12)c1ccc(F)cc1F. The minimum atomic E-state index is -1.65. The fourth-order valence-corrected chi connectivity index (χ4v) is 2.81. The smallest absolute Gasteiger partial charge is 0.224 e. The lowest BCUT2D eigenvalue weighted by molar-refractivity contribution is -0.121. The van der Waals surface area contributed by atoms with Crippen molar-refractivity contribution in [1.82, 2.24) is 10.3 Å².